The number of aromatic amines is 1. The zero-order valence-corrected chi connectivity index (χ0v) is 17.1. The fourth-order valence-electron chi connectivity index (χ4n) is 4.12. The topological polar surface area (TPSA) is 83.4 Å². The molecule has 0 saturated carbocycles. The van der Waals surface area contributed by atoms with Crippen molar-refractivity contribution in [2.45, 2.75) is 18.9 Å². The van der Waals surface area contributed by atoms with Crippen molar-refractivity contribution < 1.29 is 9.53 Å². The van der Waals surface area contributed by atoms with Crippen molar-refractivity contribution in [3.05, 3.63) is 47.5 Å². The van der Waals surface area contributed by atoms with Gasteiger partial charge in [-0.15, -0.1) is 12.4 Å². The highest BCUT2D eigenvalue weighted by atomic mass is 35.5. The summed E-state index contributed by atoms with van der Waals surface area (Å²) in [4.78, 5) is 17.7. The van der Waals surface area contributed by atoms with E-state index >= 15 is 0 Å². The van der Waals surface area contributed by atoms with Crippen LogP contribution in [0.25, 0.3) is 22.2 Å². The Morgan fingerprint density at radius 1 is 1.21 bits per heavy atom. The number of anilines is 1. The van der Waals surface area contributed by atoms with Crippen LogP contribution < -0.4 is 20.7 Å². The molecule has 1 fully saturated rings. The van der Waals surface area contributed by atoms with E-state index in [0.717, 1.165) is 66.1 Å². The minimum absolute atomic E-state index is 0. The number of fused-ring (bicyclic) bond motifs is 2. The summed E-state index contributed by atoms with van der Waals surface area (Å²) in [5.74, 6) is 0.530. The maximum absolute atomic E-state index is 12.0. The molecule has 0 bridgehead atoms. The number of nitrogens with one attached hydrogen (secondary N) is 2. The van der Waals surface area contributed by atoms with Gasteiger partial charge in [-0.25, -0.2) is 0 Å². The lowest BCUT2D eigenvalue weighted by Crippen LogP contribution is -2.56. The number of nitrogens with zero attached hydrogens (tertiary/aromatic N) is 1. The number of carbonyl (C=O) groups excluding carboxylic acids is 1. The van der Waals surface area contributed by atoms with Crippen molar-refractivity contribution in [3.8, 4) is 17.0 Å². The lowest BCUT2D eigenvalue weighted by atomic mass is 10.0. The SMILES string of the molecule is CN(c1ccc(C(N)=O)c2[nH]c(-c3ccc4c(c3)OCCC4)cc12)C1CNC1.Cl. The second kappa shape index (κ2) is 7.61. The zero-order valence-electron chi connectivity index (χ0n) is 16.3. The monoisotopic (exact) mass is 412 g/mol. The molecule has 1 amide bonds. The summed E-state index contributed by atoms with van der Waals surface area (Å²) in [5.41, 5.74) is 11.3. The Morgan fingerprint density at radius 3 is 2.76 bits per heavy atom. The van der Waals surface area contributed by atoms with Crippen LogP contribution in [0.5, 0.6) is 5.75 Å². The third-order valence-corrected chi connectivity index (χ3v) is 5.95. The van der Waals surface area contributed by atoms with Gasteiger partial charge in [0, 0.05) is 42.5 Å². The Balaban J connectivity index is 0.00000205. The first-order valence-electron chi connectivity index (χ1n) is 9.77. The molecule has 0 atom stereocenters. The average Bonchev–Trinajstić information content (AvgIpc) is 3.10. The van der Waals surface area contributed by atoms with Gasteiger partial charge in [-0.05, 0) is 42.7 Å². The van der Waals surface area contributed by atoms with Crippen LogP contribution in [0.4, 0.5) is 5.69 Å². The van der Waals surface area contributed by atoms with E-state index in [-0.39, 0.29) is 12.4 Å². The standard InChI is InChI=1S/C22H24N4O2.ClH/c1-26(15-11-24-12-15)19-7-6-16(22(23)27)21-17(19)10-18(25-21)14-5-4-13-3-2-8-28-20(13)9-14;/h4-7,9-10,15,24-25H,2-3,8,11-12H2,1H3,(H2,23,27);1H. The van der Waals surface area contributed by atoms with Crippen LogP contribution in [0.15, 0.2) is 36.4 Å². The summed E-state index contributed by atoms with van der Waals surface area (Å²) in [5, 5.41) is 4.33. The first-order valence-corrected chi connectivity index (χ1v) is 9.77. The van der Waals surface area contributed by atoms with Gasteiger partial charge in [0.1, 0.15) is 5.75 Å². The van der Waals surface area contributed by atoms with Gasteiger partial charge in [-0.2, -0.15) is 0 Å². The largest absolute Gasteiger partial charge is 0.493 e. The molecule has 1 saturated heterocycles. The smallest absolute Gasteiger partial charge is 0.250 e. The van der Waals surface area contributed by atoms with Crippen LogP contribution >= 0.6 is 12.4 Å². The molecule has 6 nitrogen and oxygen atoms in total. The van der Waals surface area contributed by atoms with Crippen LogP contribution in [0.1, 0.15) is 22.3 Å². The minimum Gasteiger partial charge on any atom is -0.493 e. The lowest BCUT2D eigenvalue weighted by molar-refractivity contribution is 0.100. The molecule has 0 aliphatic carbocycles. The zero-order chi connectivity index (χ0) is 19.3. The summed E-state index contributed by atoms with van der Waals surface area (Å²) in [7, 11) is 2.10. The van der Waals surface area contributed by atoms with Crippen molar-refractivity contribution in [2.24, 2.45) is 5.73 Å². The summed E-state index contributed by atoms with van der Waals surface area (Å²) < 4.78 is 5.83. The Labute approximate surface area is 175 Å². The highest BCUT2D eigenvalue weighted by molar-refractivity contribution is 6.10. The maximum atomic E-state index is 12.0. The van der Waals surface area contributed by atoms with Crippen LogP contribution in [0.3, 0.4) is 0 Å². The van der Waals surface area contributed by atoms with Crippen LogP contribution in [-0.4, -0.2) is 43.7 Å². The number of halogens is 1. The molecule has 152 valence electrons. The number of carbonyl (C=O) groups is 1. The van der Waals surface area contributed by atoms with Crippen molar-refractivity contribution >= 4 is 34.9 Å². The van der Waals surface area contributed by atoms with E-state index in [1.54, 1.807) is 0 Å². The molecule has 7 heteroatoms. The van der Waals surface area contributed by atoms with Crippen LogP contribution in [0, 0.1) is 0 Å². The minimum atomic E-state index is -0.424. The second-order valence-electron chi connectivity index (χ2n) is 7.67. The molecular formula is C22H25ClN4O2. The Hall–Kier alpha value is -2.70. The predicted octanol–water partition coefficient (Wildman–Crippen LogP) is 3.09. The highest BCUT2D eigenvalue weighted by Crippen LogP contribution is 2.36. The number of primary amides is 1. The van der Waals surface area contributed by atoms with E-state index in [9.17, 15) is 4.79 Å². The van der Waals surface area contributed by atoms with Gasteiger partial charge in [0.05, 0.1) is 23.7 Å². The van der Waals surface area contributed by atoms with Crippen molar-refractivity contribution in [1.29, 1.82) is 0 Å². The second-order valence-corrected chi connectivity index (χ2v) is 7.67. The molecule has 0 spiro atoms. The number of aromatic nitrogens is 1. The molecule has 3 heterocycles. The third kappa shape index (κ3) is 3.32. The first kappa shape index (κ1) is 19.6. The first-order chi connectivity index (χ1) is 13.6. The fraction of sp³-hybridized carbons (Fsp3) is 0.318. The quantitative estimate of drug-likeness (QED) is 0.615. The number of likely N-dealkylation sites (N-methyl/N-ethyl adjacent to an activating group) is 1. The third-order valence-electron chi connectivity index (χ3n) is 5.95. The van der Waals surface area contributed by atoms with Crippen LogP contribution in [-0.2, 0) is 6.42 Å². The highest BCUT2D eigenvalue weighted by Gasteiger charge is 2.25. The van der Waals surface area contributed by atoms with E-state index < -0.39 is 5.91 Å². The molecule has 5 rings (SSSR count). The van der Waals surface area contributed by atoms with E-state index in [0.29, 0.717) is 11.6 Å². The van der Waals surface area contributed by atoms with Gasteiger partial charge in [0.2, 0.25) is 0 Å². The number of benzene rings is 2. The molecule has 2 aliphatic heterocycles. The average molecular weight is 413 g/mol. The summed E-state index contributed by atoms with van der Waals surface area (Å²) in [6.45, 7) is 2.70. The molecule has 29 heavy (non-hydrogen) atoms. The number of nitrogens with two attached hydrogens (primary N) is 1. The Bertz CT molecular complexity index is 1070. The Kier molecular flexibility index (Phi) is 5.15. The number of H-pyrrole nitrogens is 1. The van der Waals surface area contributed by atoms with Crippen molar-refractivity contribution in [1.82, 2.24) is 10.3 Å². The van der Waals surface area contributed by atoms with Gasteiger partial charge in [-0.1, -0.05) is 12.1 Å². The van der Waals surface area contributed by atoms with Gasteiger partial charge in [-0.3, -0.25) is 4.79 Å². The predicted molar refractivity (Wildman–Crippen MR) is 118 cm³/mol. The molecule has 0 unspecified atom stereocenters. The molecular weight excluding hydrogens is 388 g/mol. The van der Waals surface area contributed by atoms with Crippen LogP contribution in [0.2, 0.25) is 0 Å². The maximum Gasteiger partial charge on any atom is 0.250 e. The number of aryl methyl sites for hydroxylation is 1. The van der Waals surface area contributed by atoms with Crippen molar-refractivity contribution in [3.63, 3.8) is 0 Å². The fourth-order valence-corrected chi connectivity index (χ4v) is 4.12. The summed E-state index contributed by atoms with van der Waals surface area (Å²) in [6.07, 6.45) is 2.12. The molecule has 2 aliphatic rings. The number of rotatable bonds is 4. The van der Waals surface area contributed by atoms with Gasteiger partial charge in [0.25, 0.3) is 5.91 Å². The van der Waals surface area contributed by atoms with Gasteiger partial charge < -0.3 is 25.7 Å². The molecule has 0 radical (unpaired) electrons. The number of ether oxygens (including phenoxy) is 1. The number of hydrogen-bond acceptors (Lipinski definition) is 4. The van der Waals surface area contributed by atoms with Gasteiger partial charge >= 0.3 is 0 Å². The summed E-state index contributed by atoms with van der Waals surface area (Å²) in [6, 6.07) is 12.7. The van der Waals surface area contributed by atoms with E-state index in [4.69, 9.17) is 10.5 Å². The normalized spacial score (nSPS) is 15.8. The number of amides is 1. The van der Waals surface area contributed by atoms with Gasteiger partial charge in [0.15, 0.2) is 0 Å². The molecule has 1 aromatic heterocycles. The van der Waals surface area contributed by atoms with E-state index in [1.165, 1.54) is 5.56 Å². The van der Waals surface area contributed by atoms with E-state index in [1.807, 2.05) is 12.1 Å². The molecule has 2 aromatic carbocycles. The molecule has 4 N–H and O–H groups in total. The van der Waals surface area contributed by atoms with E-state index in [2.05, 4.69) is 46.5 Å². The lowest BCUT2D eigenvalue weighted by Gasteiger charge is -2.37. The summed E-state index contributed by atoms with van der Waals surface area (Å²) >= 11 is 0. The Morgan fingerprint density at radius 2 is 2.03 bits per heavy atom. The van der Waals surface area contributed by atoms with Crippen molar-refractivity contribution in [2.75, 3.05) is 31.6 Å². The number of hydrogen-bond donors (Lipinski definition) is 3. The molecule has 3 aromatic rings.